The van der Waals surface area contributed by atoms with Crippen molar-refractivity contribution in [2.75, 3.05) is 26.2 Å². The zero-order valence-electron chi connectivity index (χ0n) is 8.12. The van der Waals surface area contributed by atoms with Crippen molar-refractivity contribution in [3.05, 3.63) is 0 Å². The molecule has 1 atom stereocenters. The van der Waals surface area contributed by atoms with Gasteiger partial charge in [-0.2, -0.15) is 0 Å². The van der Waals surface area contributed by atoms with Gasteiger partial charge in [-0.25, -0.2) is 0 Å². The monoisotopic (exact) mass is 186 g/mol. The van der Waals surface area contributed by atoms with Crippen molar-refractivity contribution in [3.63, 3.8) is 0 Å². The number of carbonyl (C=O) groups is 1. The topological polar surface area (TPSA) is 52.6 Å². The van der Waals surface area contributed by atoms with E-state index in [1.165, 1.54) is 0 Å². The molecule has 0 aromatic rings. The molecule has 1 saturated heterocycles. The maximum Gasteiger partial charge on any atom is 0.236 e. The molecule has 0 saturated carbocycles. The summed E-state index contributed by atoms with van der Waals surface area (Å²) in [6.07, 6.45) is 1.45. The summed E-state index contributed by atoms with van der Waals surface area (Å²) in [4.78, 5) is 13.1. The van der Waals surface area contributed by atoms with Gasteiger partial charge in [-0.15, -0.1) is 0 Å². The van der Waals surface area contributed by atoms with Crippen molar-refractivity contribution in [3.8, 4) is 0 Å². The fourth-order valence-electron chi connectivity index (χ4n) is 1.45. The third kappa shape index (κ3) is 3.32. The largest absolute Gasteiger partial charge is 0.391 e. The van der Waals surface area contributed by atoms with E-state index in [4.69, 9.17) is 0 Å². The average Bonchev–Trinajstić information content (AvgIpc) is 2.52. The fraction of sp³-hybridized carbons (Fsp3) is 0.889. The first-order valence-electron chi connectivity index (χ1n) is 4.90. The lowest BCUT2D eigenvalue weighted by molar-refractivity contribution is -0.129. The summed E-state index contributed by atoms with van der Waals surface area (Å²) < 4.78 is 0. The van der Waals surface area contributed by atoms with Crippen LogP contribution in [-0.4, -0.2) is 48.2 Å². The van der Waals surface area contributed by atoms with Crippen LogP contribution in [-0.2, 0) is 4.79 Å². The lowest BCUT2D eigenvalue weighted by Crippen LogP contribution is -2.37. The normalized spacial score (nSPS) is 22.3. The Kier molecular flexibility index (Phi) is 4.18. The molecule has 76 valence electrons. The van der Waals surface area contributed by atoms with E-state index in [0.29, 0.717) is 19.6 Å². The Bertz CT molecular complexity index is 173. The molecule has 13 heavy (non-hydrogen) atoms. The Morgan fingerprint density at radius 2 is 2.46 bits per heavy atom. The highest BCUT2D eigenvalue weighted by atomic mass is 16.3. The number of nitrogens with one attached hydrogen (secondary N) is 1. The summed E-state index contributed by atoms with van der Waals surface area (Å²) >= 11 is 0. The molecule has 0 spiro atoms. The molecule has 4 nitrogen and oxygen atoms in total. The summed E-state index contributed by atoms with van der Waals surface area (Å²) in [5.41, 5.74) is 0. The SMILES string of the molecule is CCCNCC(=O)N1CC[C@H](O)C1. The molecule has 1 fully saturated rings. The second kappa shape index (κ2) is 5.19. The summed E-state index contributed by atoms with van der Waals surface area (Å²) in [5, 5.41) is 12.3. The quantitative estimate of drug-likeness (QED) is 0.586. The lowest BCUT2D eigenvalue weighted by atomic mass is 10.3. The minimum Gasteiger partial charge on any atom is -0.391 e. The van der Waals surface area contributed by atoms with Gasteiger partial charge in [0.05, 0.1) is 12.6 Å². The molecule has 1 aliphatic heterocycles. The number of rotatable bonds is 4. The van der Waals surface area contributed by atoms with Gasteiger partial charge in [0, 0.05) is 13.1 Å². The molecule has 4 heteroatoms. The van der Waals surface area contributed by atoms with E-state index in [1.54, 1.807) is 4.90 Å². The predicted molar refractivity (Wildman–Crippen MR) is 50.4 cm³/mol. The van der Waals surface area contributed by atoms with Crippen molar-refractivity contribution in [2.45, 2.75) is 25.9 Å². The van der Waals surface area contributed by atoms with Crippen LogP contribution in [0.5, 0.6) is 0 Å². The third-order valence-corrected chi connectivity index (χ3v) is 2.22. The Labute approximate surface area is 78.9 Å². The van der Waals surface area contributed by atoms with E-state index in [2.05, 4.69) is 12.2 Å². The van der Waals surface area contributed by atoms with E-state index < -0.39 is 0 Å². The maximum atomic E-state index is 11.4. The van der Waals surface area contributed by atoms with E-state index in [1.807, 2.05) is 0 Å². The molecule has 1 aliphatic rings. The predicted octanol–water partition coefficient (Wildman–Crippen LogP) is -0.421. The molecule has 2 N–H and O–H groups in total. The smallest absolute Gasteiger partial charge is 0.236 e. The zero-order chi connectivity index (χ0) is 9.68. The molecular weight excluding hydrogens is 168 g/mol. The van der Waals surface area contributed by atoms with Crippen LogP contribution in [0.2, 0.25) is 0 Å². The lowest BCUT2D eigenvalue weighted by Gasteiger charge is -2.15. The van der Waals surface area contributed by atoms with E-state index in [-0.39, 0.29) is 12.0 Å². The molecule has 0 radical (unpaired) electrons. The number of hydrogen-bond donors (Lipinski definition) is 2. The van der Waals surface area contributed by atoms with Gasteiger partial charge in [0.25, 0.3) is 0 Å². The molecule has 0 aromatic carbocycles. The minimum absolute atomic E-state index is 0.102. The van der Waals surface area contributed by atoms with Gasteiger partial charge in [-0.3, -0.25) is 4.79 Å². The molecular formula is C9H18N2O2. The Hall–Kier alpha value is -0.610. The molecule has 0 aromatic heterocycles. The molecule has 0 aliphatic carbocycles. The zero-order valence-corrected chi connectivity index (χ0v) is 8.12. The van der Waals surface area contributed by atoms with Crippen molar-refractivity contribution < 1.29 is 9.90 Å². The summed E-state index contributed by atoms with van der Waals surface area (Å²) in [5.74, 6) is 0.102. The van der Waals surface area contributed by atoms with Gasteiger partial charge in [0.2, 0.25) is 5.91 Å². The number of hydrogen-bond acceptors (Lipinski definition) is 3. The molecule has 1 heterocycles. The highest BCUT2D eigenvalue weighted by Crippen LogP contribution is 2.07. The van der Waals surface area contributed by atoms with Crippen LogP contribution in [0, 0.1) is 0 Å². The molecule has 1 rings (SSSR count). The second-order valence-electron chi connectivity index (χ2n) is 3.46. The van der Waals surface area contributed by atoms with Crippen molar-refractivity contribution in [1.82, 2.24) is 10.2 Å². The van der Waals surface area contributed by atoms with Crippen LogP contribution in [0.4, 0.5) is 0 Å². The van der Waals surface area contributed by atoms with Crippen molar-refractivity contribution in [1.29, 1.82) is 0 Å². The van der Waals surface area contributed by atoms with Crippen LogP contribution in [0.15, 0.2) is 0 Å². The van der Waals surface area contributed by atoms with E-state index in [0.717, 1.165) is 19.4 Å². The highest BCUT2D eigenvalue weighted by molar-refractivity contribution is 5.78. The minimum atomic E-state index is -0.310. The first kappa shape index (κ1) is 10.5. The third-order valence-electron chi connectivity index (χ3n) is 2.22. The van der Waals surface area contributed by atoms with E-state index >= 15 is 0 Å². The average molecular weight is 186 g/mol. The summed E-state index contributed by atoms with van der Waals surface area (Å²) in [6.45, 7) is 4.56. The summed E-state index contributed by atoms with van der Waals surface area (Å²) in [6, 6.07) is 0. The van der Waals surface area contributed by atoms with Gasteiger partial charge >= 0.3 is 0 Å². The second-order valence-corrected chi connectivity index (χ2v) is 3.46. The first-order valence-corrected chi connectivity index (χ1v) is 4.90. The number of aliphatic hydroxyl groups is 1. The number of amides is 1. The van der Waals surface area contributed by atoms with Crippen molar-refractivity contribution in [2.24, 2.45) is 0 Å². The molecule has 1 amide bonds. The number of carbonyl (C=O) groups excluding carboxylic acids is 1. The van der Waals surface area contributed by atoms with Gasteiger partial charge in [-0.1, -0.05) is 6.92 Å². The van der Waals surface area contributed by atoms with Crippen molar-refractivity contribution >= 4 is 5.91 Å². The van der Waals surface area contributed by atoms with E-state index in [9.17, 15) is 9.90 Å². The number of nitrogens with zero attached hydrogens (tertiary/aromatic N) is 1. The molecule has 0 bridgehead atoms. The maximum absolute atomic E-state index is 11.4. The van der Waals surface area contributed by atoms with Gasteiger partial charge in [-0.05, 0) is 19.4 Å². The highest BCUT2D eigenvalue weighted by Gasteiger charge is 2.23. The van der Waals surface area contributed by atoms with Crippen LogP contribution in [0.1, 0.15) is 19.8 Å². The van der Waals surface area contributed by atoms with Gasteiger partial charge < -0.3 is 15.3 Å². The Morgan fingerprint density at radius 1 is 1.69 bits per heavy atom. The fourth-order valence-corrected chi connectivity index (χ4v) is 1.45. The van der Waals surface area contributed by atoms with Crippen LogP contribution in [0.25, 0.3) is 0 Å². The number of likely N-dealkylation sites (tertiary alicyclic amines) is 1. The van der Waals surface area contributed by atoms with Crippen LogP contribution < -0.4 is 5.32 Å². The number of β-amino-alcohol motifs (C(OH)–C–C–N with tert-alkyl or cyclic N) is 1. The van der Waals surface area contributed by atoms with Crippen LogP contribution >= 0.6 is 0 Å². The first-order chi connectivity index (χ1) is 6.24. The molecule has 0 unspecified atom stereocenters. The summed E-state index contributed by atoms with van der Waals surface area (Å²) in [7, 11) is 0. The van der Waals surface area contributed by atoms with Gasteiger partial charge in [0.1, 0.15) is 0 Å². The van der Waals surface area contributed by atoms with Crippen LogP contribution in [0.3, 0.4) is 0 Å². The Balaban J connectivity index is 2.16. The Morgan fingerprint density at radius 3 is 3.00 bits per heavy atom. The standard InChI is InChI=1S/C9H18N2O2/c1-2-4-10-6-9(13)11-5-3-8(12)7-11/h8,10,12H,2-7H2,1H3/t8-/m0/s1. The van der Waals surface area contributed by atoms with Gasteiger partial charge in [0.15, 0.2) is 0 Å². The number of aliphatic hydroxyl groups excluding tert-OH is 1.